The second kappa shape index (κ2) is 5.27. The first-order valence-electron chi connectivity index (χ1n) is 7.17. The number of aliphatic hydroxyl groups is 1. The Hall–Kier alpha value is -1.11. The molecular weight excluding hydrogens is 269 g/mol. The van der Waals surface area contributed by atoms with Gasteiger partial charge in [0.15, 0.2) is 0 Å². The van der Waals surface area contributed by atoms with E-state index in [4.69, 9.17) is 14.0 Å². The van der Waals surface area contributed by atoms with Gasteiger partial charge in [0.25, 0.3) is 0 Å². The normalized spacial score (nSPS) is 20.6. The lowest BCUT2D eigenvalue weighted by atomic mass is 9.80. The number of rotatable bonds is 4. The van der Waals surface area contributed by atoms with E-state index < -0.39 is 12.7 Å². The van der Waals surface area contributed by atoms with Gasteiger partial charge >= 0.3 is 7.12 Å². The first kappa shape index (κ1) is 16.3. The predicted molar refractivity (Wildman–Crippen MR) is 81.7 cm³/mol. The highest BCUT2D eigenvalue weighted by molar-refractivity contribution is 6.62. The van der Waals surface area contributed by atoms with E-state index in [1.807, 2.05) is 33.8 Å². The van der Waals surface area contributed by atoms with Crippen molar-refractivity contribution in [2.75, 3.05) is 6.61 Å². The summed E-state index contributed by atoms with van der Waals surface area (Å²) >= 11 is 0. The molecule has 0 unspecified atom stereocenters. The summed E-state index contributed by atoms with van der Waals surface area (Å²) in [6.07, 6.45) is 1.68. The van der Waals surface area contributed by atoms with Crippen molar-refractivity contribution in [3.63, 3.8) is 0 Å². The lowest BCUT2D eigenvalue weighted by molar-refractivity contribution is 0.00578. The van der Waals surface area contributed by atoms with Gasteiger partial charge < -0.3 is 19.2 Å². The summed E-state index contributed by atoms with van der Waals surface area (Å²) in [5.41, 5.74) is -0.766. The van der Waals surface area contributed by atoms with Crippen molar-refractivity contribution < 1.29 is 19.2 Å². The highest BCUT2D eigenvalue weighted by Gasteiger charge is 2.51. The second-order valence-corrected chi connectivity index (χ2v) is 7.12. The van der Waals surface area contributed by atoms with Crippen molar-refractivity contribution >= 4 is 12.6 Å². The van der Waals surface area contributed by atoms with Crippen LogP contribution in [0, 0.1) is 0 Å². The Labute approximate surface area is 126 Å². The van der Waals surface area contributed by atoms with E-state index in [1.165, 1.54) is 0 Å². The predicted octanol–water partition coefficient (Wildman–Crippen LogP) is 1.53. The van der Waals surface area contributed by atoms with E-state index in [1.54, 1.807) is 26.1 Å². The molecule has 116 valence electrons. The highest BCUT2D eigenvalue weighted by Crippen LogP contribution is 2.36. The molecule has 0 amide bonds. The quantitative estimate of drug-likeness (QED) is 0.853. The maximum absolute atomic E-state index is 9.63. The minimum Gasteiger partial charge on any atom is -0.475 e. The fourth-order valence-electron chi connectivity index (χ4n) is 1.85. The monoisotopic (exact) mass is 293 g/mol. The molecule has 1 aromatic heterocycles. The van der Waals surface area contributed by atoms with Crippen LogP contribution >= 0.6 is 0 Å². The fraction of sp³-hybridized carbons (Fsp3) is 0.667. The SMILES string of the molecule is CC(C)(O)COc1ccc(B2OC(C)(C)C(C)(C)O2)cn1. The number of hydrogen-bond donors (Lipinski definition) is 1. The van der Waals surface area contributed by atoms with Crippen LogP contribution in [-0.2, 0) is 9.31 Å². The van der Waals surface area contributed by atoms with Gasteiger partial charge in [-0.15, -0.1) is 0 Å². The van der Waals surface area contributed by atoms with Crippen LogP contribution in [0.2, 0.25) is 0 Å². The first-order valence-corrected chi connectivity index (χ1v) is 7.17. The summed E-state index contributed by atoms with van der Waals surface area (Å²) in [5.74, 6) is 0.470. The Morgan fingerprint density at radius 1 is 1.19 bits per heavy atom. The minimum atomic E-state index is -0.883. The first-order chi connectivity index (χ1) is 9.50. The van der Waals surface area contributed by atoms with Gasteiger partial charge in [-0.05, 0) is 47.6 Å². The summed E-state index contributed by atoms with van der Waals surface area (Å²) in [5, 5.41) is 9.63. The van der Waals surface area contributed by atoms with Crippen molar-refractivity contribution in [2.45, 2.75) is 58.3 Å². The zero-order valence-electron chi connectivity index (χ0n) is 13.6. The maximum Gasteiger partial charge on any atom is 0.496 e. The lowest BCUT2D eigenvalue weighted by Crippen LogP contribution is -2.41. The third-order valence-corrected chi connectivity index (χ3v) is 3.86. The maximum atomic E-state index is 9.63. The van der Waals surface area contributed by atoms with Crippen LogP contribution in [0.3, 0.4) is 0 Å². The Bertz CT molecular complexity index is 477. The molecule has 0 aromatic carbocycles. The molecular formula is C15H24BNO4. The Kier molecular flexibility index (Phi) is 4.08. The number of pyridine rings is 1. The molecule has 0 atom stereocenters. The summed E-state index contributed by atoms with van der Waals surface area (Å²) < 4.78 is 17.3. The third kappa shape index (κ3) is 3.76. The summed E-state index contributed by atoms with van der Waals surface area (Å²) in [6.45, 7) is 11.6. The Balaban J connectivity index is 2.04. The van der Waals surface area contributed by atoms with Crippen LogP contribution in [0.4, 0.5) is 0 Å². The standard InChI is InChI=1S/C15H24BNO4/c1-13(2,18)10-19-12-8-7-11(9-17-12)16-20-14(3,4)15(5,6)21-16/h7-9,18H,10H2,1-6H3. The second-order valence-electron chi connectivity index (χ2n) is 7.12. The molecule has 2 heterocycles. The summed E-state index contributed by atoms with van der Waals surface area (Å²) in [4.78, 5) is 4.23. The van der Waals surface area contributed by atoms with Gasteiger partial charge in [-0.3, -0.25) is 0 Å². The molecule has 0 radical (unpaired) electrons. The molecule has 1 saturated heterocycles. The smallest absolute Gasteiger partial charge is 0.475 e. The average molecular weight is 293 g/mol. The van der Waals surface area contributed by atoms with Crippen LogP contribution in [0.15, 0.2) is 18.3 Å². The van der Waals surface area contributed by atoms with E-state index >= 15 is 0 Å². The zero-order valence-corrected chi connectivity index (χ0v) is 13.6. The molecule has 0 spiro atoms. The van der Waals surface area contributed by atoms with Crippen molar-refractivity contribution in [1.29, 1.82) is 0 Å². The van der Waals surface area contributed by atoms with E-state index in [9.17, 15) is 5.11 Å². The molecule has 5 nitrogen and oxygen atoms in total. The largest absolute Gasteiger partial charge is 0.496 e. The zero-order chi connectivity index (χ0) is 15.9. The molecule has 1 aliphatic rings. The molecule has 0 aliphatic carbocycles. The molecule has 2 rings (SSSR count). The van der Waals surface area contributed by atoms with Gasteiger partial charge in [0.1, 0.15) is 6.61 Å². The average Bonchev–Trinajstić information content (AvgIpc) is 2.56. The van der Waals surface area contributed by atoms with Crippen LogP contribution in [0.25, 0.3) is 0 Å². The topological polar surface area (TPSA) is 60.8 Å². The van der Waals surface area contributed by atoms with Gasteiger partial charge in [-0.1, -0.05) is 6.07 Å². The summed E-state index contributed by atoms with van der Waals surface area (Å²) in [6, 6.07) is 3.63. The van der Waals surface area contributed by atoms with E-state index in [0.717, 1.165) is 5.46 Å². The van der Waals surface area contributed by atoms with Gasteiger partial charge in [-0.2, -0.15) is 0 Å². The van der Waals surface area contributed by atoms with Crippen LogP contribution in [-0.4, -0.2) is 40.6 Å². The molecule has 1 N–H and O–H groups in total. The molecule has 21 heavy (non-hydrogen) atoms. The van der Waals surface area contributed by atoms with Crippen molar-refractivity contribution in [3.05, 3.63) is 18.3 Å². The molecule has 1 aromatic rings. The Morgan fingerprint density at radius 2 is 1.76 bits per heavy atom. The van der Waals surface area contributed by atoms with Crippen molar-refractivity contribution in [1.82, 2.24) is 4.98 Å². The van der Waals surface area contributed by atoms with Gasteiger partial charge in [0.05, 0.1) is 16.8 Å². The Morgan fingerprint density at radius 3 is 2.19 bits per heavy atom. The van der Waals surface area contributed by atoms with Crippen LogP contribution in [0.1, 0.15) is 41.5 Å². The molecule has 0 bridgehead atoms. The highest BCUT2D eigenvalue weighted by atomic mass is 16.7. The van der Waals surface area contributed by atoms with Gasteiger partial charge in [0, 0.05) is 11.7 Å². The number of nitrogens with zero attached hydrogens (tertiary/aromatic N) is 1. The number of aromatic nitrogens is 1. The number of ether oxygens (including phenoxy) is 1. The number of hydrogen-bond acceptors (Lipinski definition) is 5. The molecule has 0 saturated carbocycles. The fourth-order valence-corrected chi connectivity index (χ4v) is 1.85. The third-order valence-electron chi connectivity index (χ3n) is 3.86. The molecule has 6 heteroatoms. The van der Waals surface area contributed by atoms with Crippen LogP contribution < -0.4 is 10.2 Å². The minimum absolute atomic E-state index is 0.190. The van der Waals surface area contributed by atoms with Gasteiger partial charge in [-0.25, -0.2) is 4.98 Å². The molecule has 1 fully saturated rings. The van der Waals surface area contributed by atoms with E-state index in [2.05, 4.69) is 4.98 Å². The summed E-state index contributed by atoms with van der Waals surface area (Å²) in [7, 11) is -0.425. The van der Waals surface area contributed by atoms with Crippen molar-refractivity contribution in [2.24, 2.45) is 0 Å². The van der Waals surface area contributed by atoms with Crippen LogP contribution in [0.5, 0.6) is 5.88 Å². The van der Waals surface area contributed by atoms with E-state index in [0.29, 0.717) is 5.88 Å². The van der Waals surface area contributed by atoms with Crippen molar-refractivity contribution in [3.8, 4) is 5.88 Å². The lowest BCUT2D eigenvalue weighted by Gasteiger charge is -2.32. The molecule has 1 aliphatic heterocycles. The van der Waals surface area contributed by atoms with E-state index in [-0.39, 0.29) is 17.8 Å². The van der Waals surface area contributed by atoms with Gasteiger partial charge in [0.2, 0.25) is 5.88 Å².